The molecule has 56 valence electrons. The van der Waals surface area contributed by atoms with Crippen LogP contribution in [0.1, 0.15) is 18.0 Å². The number of allylic oxidation sites excluding steroid dienone is 4. The van der Waals surface area contributed by atoms with Gasteiger partial charge < -0.3 is 4.98 Å². The van der Waals surface area contributed by atoms with E-state index >= 15 is 0 Å². The summed E-state index contributed by atoms with van der Waals surface area (Å²) in [7, 11) is 0. The first kappa shape index (κ1) is 6.40. The average Bonchev–Trinajstić information content (AvgIpc) is 2.58. The zero-order valence-electron chi connectivity index (χ0n) is 6.20. The molecule has 11 heavy (non-hydrogen) atoms. The Morgan fingerprint density at radius 1 is 1.45 bits per heavy atom. The van der Waals surface area contributed by atoms with Crippen LogP contribution in [0.25, 0.3) is 0 Å². The van der Waals surface area contributed by atoms with Crippen molar-refractivity contribution in [3.05, 3.63) is 42.5 Å². The number of imidazole rings is 1. The molecule has 1 atom stereocenters. The van der Waals surface area contributed by atoms with Crippen LogP contribution in [0.15, 0.2) is 36.8 Å². The number of aromatic amines is 1. The largest absolute Gasteiger partial charge is 0.351 e. The van der Waals surface area contributed by atoms with Gasteiger partial charge in [0.2, 0.25) is 0 Å². The molecule has 2 heteroatoms. The minimum atomic E-state index is 0.478. The summed E-state index contributed by atoms with van der Waals surface area (Å²) < 4.78 is 0. The van der Waals surface area contributed by atoms with Crippen molar-refractivity contribution < 1.29 is 0 Å². The molecule has 1 aromatic rings. The highest BCUT2D eigenvalue weighted by molar-refractivity contribution is 5.21. The fourth-order valence-corrected chi connectivity index (χ4v) is 1.27. The van der Waals surface area contributed by atoms with E-state index in [1.807, 2.05) is 6.20 Å². The van der Waals surface area contributed by atoms with Gasteiger partial charge >= 0.3 is 0 Å². The number of nitrogens with one attached hydrogen (secondary N) is 1. The van der Waals surface area contributed by atoms with Gasteiger partial charge in [0.05, 0.1) is 12.0 Å². The maximum Gasteiger partial charge on any atom is 0.0923 e. The summed E-state index contributed by atoms with van der Waals surface area (Å²) in [5.41, 5.74) is 1.13. The molecule has 1 N–H and O–H groups in total. The number of aromatic nitrogens is 2. The molecule has 2 rings (SSSR count). The molecule has 0 aliphatic heterocycles. The normalized spacial score (nSPS) is 22.4. The van der Waals surface area contributed by atoms with Crippen molar-refractivity contribution in [2.45, 2.75) is 12.3 Å². The smallest absolute Gasteiger partial charge is 0.0923 e. The molecule has 0 radical (unpaired) electrons. The second kappa shape index (κ2) is 2.74. The van der Waals surface area contributed by atoms with Gasteiger partial charge in [-0.3, -0.25) is 0 Å². The van der Waals surface area contributed by atoms with Crippen LogP contribution in [0.5, 0.6) is 0 Å². The Kier molecular flexibility index (Phi) is 1.60. The maximum atomic E-state index is 4.20. The molecule has 2 nitrogen and oxygen atoms in total. The van der Waals surface area contributed by atoms with Gasteiger partial charge in [0.15, 0.2) is 0 Å². The molecular formula is C9H10N2. The van der Waals surface area contributed by atoms with Crippen molar-refractivity contribution in [3.63, 3.8) is 0 Å². The van der Waals surface area contributed by atoms with E-state index in [4.69, 9.17) is 0 Å². The van der Waals surface area contributed by atoms with Gasteiger partial charge in [-0.05, 0) is 6.42 Å². The maximum absolute atomic E-state index is 4.20. The van der Waals surface area contributed by atoms with Crippen LogP contribution in [-0.4, -0.2) is 9.97 Å². The van der Waals surface area contributed by atoms with Gasteiger partial charge in [-0.25, -0.2) is 4.98 Å². The van der Waals surface area contributed by atoms with Gasteiger partial charge in [0.1, 0.15) is 0 Å². The van der Waals surface area contributed by atoms with E-state index in [0.29, 0.717) is 5.92 Å². The summed E-state index contributed by atoms with van der Waals surface area (Å²) in [6.45, 7) is 0. The molecule has 0 bridgehead atoms. The second-order valence-electron chi connectivity index (χ2n) is 2.65. The second-order valence-corrected chi connectivity index (χ2v) is 2.65. The lowest BCUT2D eigenvalue weighted by Gasteiger charge is -2.08. The van der Waals surface area contributed by atoms with Crippen LogP contribution in [0.3, 0.4) is 0 Å². The van der Waals surface area contributed by atoms with Gasteiger partial charge in [-0.1, -0.05) is 24.3 Å². The molecule has 1 aliphatic carbocycles. The molecular weight excluding hydrogens is 136 g/mol. The Hall–Kier alpha value is -1.31. The average molecular weight is 146 g/mol. The summed E-state index contributed by atoms with van der Waals surface area (Å²) in [6, 6.07) is 0. The summed E-state index contributed by atoms with van der Waals surface area (Å²) in [6.07, 6.45) is 13.2. The van der Waals surface area contributed by atoms with Crippen molar-refractivity contribution in [3.8, 4) is 0 Å². The van der Waals surface area contributed by atoms with E-state index < -0.39 is 0 Å². The number of hydrogen-bond donors (Lipinski definition) is 1. The Morgan fingerprint density at radius 3 is 3.09 bits per heavy atom. The van der Waals surface area contributed by atoms with Crippen molar-refractivity contribution in [1.82, 2.24) is 9.97 Å². The fourth-order valence-electron chi connectivity index (χ4n) is 1.27. The lowest BCUT2D eigenvalue weighted by atomic mass is 9.98. The zero-order valence-corrected chi connectivity index (χ0v) is 6.20. The lowest BCUT2D eigenvalue weighted by molar-refractivity contribution is 0.824. The van der Waals surface area contributed by atoms with Gasteiger partial charge in [-0.15, -0.1) is 0 Å². The number of H-pyrrole nitrogens is 1. The molecule has 0 saturated heterocycles. The van der Waals surface area contributed by atoms with Gasteiger partial charge in [-0.2, -0.15) is 0 Å². The molecule has 1 unspecified atom stereocenters. The first-order valence-corrected chi connectivity index (χ1v) is 3.79. The van der Waals surface area contributed by atoms with Crippen LogP contribution < -0.4 is 0 Å². The molecule has 0 saturated carbocycles. The van der Waals surface area contributed by atoms with Crippen molar-refractivity contribution in [2.24, 2.45) is 0 Å². The standard InChI is InChI=1S/C9H10N2/c1-2-4-8(5-3-1)9-6-10-7-11-9/h1-4,6-8H,5H2,(H,10,11). The molecule has 1 aliphatic rings. The predicted molar refractivity (Wildman–Crippen MR) is 44.2 cm³/mol. The number of nitrogens with zero attached hydrogens (tertiary/aromatic N) is 1. The van der Waals surface area contributed by atoms with Crippen molar-refractivity contribution in [1.29, 1.82) is 0 Å². The Balaban J connectivity index is 2.19. The monoisotopic (exact) mass is 146 g/mol. The molecule has 0 spiro atoms. The molecule has 1 aromatic heterocycles. The Labute approximate surface area is 65.7 Å². The van der Waals surface area contributed by atoms with E-state index in [9.17, 15) is 0 Å². The molecule has 0 fully saturated rings. The third kappa shape index (κ3) is 1.24. The third-order valence-corrected chi connectivity index (χ3v) is 1.88. The van der Waals surface area contributed by atoms with E-state index in [1.165, 1.54) is 0 Å². The first-order chi connectivity index (χ1) is 5.47. The van der Waals surface area contributed by atoms with Crippen molar-refractivity contribution in [2.75, 3.05) is 0 Å². The minimum absolute atomic E-state index is 0.478. The molecule has 0 aromatic carbocycles. The topological polar surface area (TPSA) is 28.7 Å². The quantitative estimate of drug-likeness (QED) is 0.645. The van der Waals surface area contributed by atoms with Gasteiger partial charge in [0, 0.05) is 12.1 Å². The van der Waals surface area contributed by atoms with E-state index in [2.05, 4.69) is 34.3 Å². The summed E-state index contributed by atoms with van der Waals surface area (Å²) >= 11 is 0. The fraction of sp³-hybridized carbons (Fsp3) is 0.222. The highest BCUT2D eigenvalue weighted by Gasteiger charge is 2.08. The van der Waals surface area contributed by atoms with Crippen LogP contribution >= 0.6 is 0 Å². The molecule has 1 heterocycles. The predicted octanol–water partition coefficient (Wildman–Crippen LogP) is 2.01. The van der Waals surface area contributed by atoms with Crippen LogP contribution in [0, 0.1) is 0 Å². The van der Waals surface area contributed by atoms with Crippen LogP contribution in [0.2, 0.25) is 0 Å². The number of hydrogen-bond acceptors (Lipinski definition) is 1. The highest BCUT2D eigenvalue weighted by atomic mass is 14.9. The Bertz CT molecular complexity index is 270. The highest BCUT2D eigenvalue weighted by Crippen LogP contribution is 2.21. The SMILES string of the molecule is C1=CCC(c2c[nH]cn2)C=C1. The third-order valence-electron chi connectivity index (χ3n) is 1.88. The summed E-state index contributed by atoms with van der Waals surface area (Å²) in [4.78, 5) is 7.16. The summed E-state index contributed by atoms with van der Waals surface area (Å²) in [5.74, 6) is 0.478. The minimum Gasteiger partial charge on any atom is -0.351 e. The van der Waals surface area contributed by atoms with Gasteiger partial charge in [0.25, 0.3) is 0 Å². The zero-order chi connectivity index (χ0) is 7.52. The summed E-state index contributed by atoms with van der Waals surface area (Å²) in [5, 5.41) is 0. The van der Waals surface area contributed by atoms with Crippen molar-refractivity contribution >= 4 is 0 Å². The molecule has 0 amide bonds. The first-order valence-electron chi connectivity index (χ1n) is 3.79. The van der Waals surface area contributed by atoms with Crippen LogP contribution in [-0.2, 0) is 0 Å². The van der Waals surface area contributed by atoms with Crippen LogP contribution in [0.4, 0.5) is 0 Å². The number of rotatable bonds is 1. The lowest BCUT2D eigenvalue weighted by Crippen LogP contribution is -1.95. The van der Waals surface area contributed by atoms with E-state index in [-0.39, 0.29) is 0 Å². The van der Waals surface area contributed by atoms with E-state index in [1.54, 1.807) is 6.33 Å². The van der Waals surface area contributed by atoms with E-state index in [0.717, 1.165) is 12.1 Å². The Morgan fingerprint density at radius 2 is 2.45 bits per heavy atom.